The van der Waals surface area contributed by atoms with E-state index in [0.717, 1.165) is 29.5 Å². The number of carbonyl (C=O) groups excluding carboxylic acids is 1. The predicted octanol–water partition coefficient (Wildman–Crippen LogP) is 2.08. The van der Waals surface area contributed by atoms with Crippen LogP contribution in [-0.2, 0) is 16.0 Å². The van der Waals surface area contributed by atoms with E-state index in [1.807, 2.05) is 24.4 Å². The van der Waals surface area contributed by atoms with Gasteiger partial charge in [0.1, 0.15) is 0 Å². The molecule has 0 atom stereocenters. The van der Waals surface area contributed by atoms with Crippen molar-refractivity contribution in [1.29, 1.82) is 0 Å². The molecule has 28 heavy (non-hydrogen) atoms. The zero-order chi connectivity index (χ0) is 19.9. The fourth-order valence-corrected chi connectivity index (χ4v) is 3.63. The second kappa shape index (κ2) is 9.52. The van der Waals surface area contributed by atoms with Gasteiger partial charge in [0.2, 0.25) is 5.91 Å². The first-order chi connectivity index (χ1) is 13.6. The largest absolute Gasteiger partial charge is 0.493 e. The van der Waals surface area contributed by atoms with Gasteiger partial charge in [-0.15, -0.1) is 11.3 Å². The highest BCUT2D eigenvalue weighted by Crippen LogP contribution is 2.27. The van der Waals surface area contributed by atoms with Crippen LogP contribution < -0.4 is 19.8 Å². The molecule has 1 aromatic heterocycles. The van der Waals surface area contributed by atoms with E-state index in [1.54, 1.807) is 31.6 Å². The van der Waals surface area contributed by atoms with Crippen LogP contribution in [0.3, 0.4) is 0 Å². The quantitative estimate of drug-likeness (QED) is 0.562. The first kappa shape index (κ1) is 20.1. The first-order valence-electron chi connectivity index (χ1n) is 8.93. The number of nitrogens with one attached hydrogen (secondary N) is 1. The van der Waals surface area contributed by atoms with Gasteiger partial charge in [0.25, 0.3) is 0 Å². The maximum absolute atomic E-state index is 12.2. The Morgan fingerprint density at radius 1 is 1.29 bits per heavy atom. The minimum atomic E-state index is -0.210. The molecule has 1 N–H and O–H groups in total. The maximum Gasteiger partial charge on any atom is 0.246 e. The second-order valence-electron chi connectivity index (χ2n) is 6.20. The zero-order valence-electron chi connectivity index (χ0n) is 16.2. The van der Waals surface area contributed by atoms with Crippen molar-refractivity contribution in [2.24, 2.45) is 5.10 Å². The standard InChI is InChI=1S/C19H24N4O4S/c1-13(14-4-5-16(25-2)17(10-14)26-3)21-22-18(24)11-15-12-28-19(20-15)23-6-8-27-9-7-23/h4-5,10,12H,6-9,11H2,1-3H3,(H,22,24)/b21-13-. The molecule has 0 radical (unpaired) electrons. The molecule has 2 aromatic rings. The van der Waals surface area contributed by atoms with E-state index in [-0.39, 0.29) is 12.3 Å². The molecular weight excluding hydrogens is 380 g/mol. The van der Waals surface area contributed by atoms with Crippen molar-refractivity contribution in [1.82, 2.24) is 10.4 Å². The number of benzene rings is 1. The van der Waals surface area contributed by atoms with Gasteiger partial charge >= 0.3 is 0 Å². The maximum atomic E-state index is 12.2. The van der Waals surface area contributed by atoms with E-state index in [4.69, 9.17) is 14.2 Å². The van der Waals surface area contributed by atoms with Crippen LogP contribution in [0.5, 0.6) is 11.5 Å². The SMILES string of the molecule is COc1ccc(/C(C)=N\NC(=O)Cc2csc(N3CCOCC3)n2)cc1OC. The molecule has 2 heterocycles. The molecule has 0 saturated carbocycles. The smallest absolute Gasteiger partial charge is 0.246 e. The average molecular weight is 404 g/mol. The van der Waals surface area contributed by atoms with E-state index in [0.29, 0.717) is 30.4 Å². The van der Waals surface area contributed by atoms with Crippen LogP contribution >= 0.6 is 11.3 Å². The lowest BCUT2D eigenvalue weighted by Gasteiger charge is -2.26. The Kier molecular flexibility index (Phi) is 6.83. The Morgan fingerprint density at radius 2 is 2.04 bits per heavy atom. The molecule has 0 bridgehead atoms. The summed E-state index contributed by atoms with van der Waals surface area (Å²) in [6.45, 7) is 4.89. The van der Waals surface area contributed by atoms with Gasteiger partial charge in [-0.25, -0.2) is 10.4 Å². The number of hydrogen-bond donors (Lipinski definition) is 1. The summed E-state index contributed by atoms with van der Waals surface area (Å²) in [6.07, 6.45) is 0.184. The fourth-order valence-electron chi connectivity index (χ4n) is 2.75. The van der Waals surface area contributed by atoms with Gasteiger partial charge in [0.05, 0.1) is 45.3 Å². The average Bonchev–Trinajstić information content (AvgIpc) is 3.20. The normalized spacial score (nSPS) is 14.7. The van der Waals surface area contributed by atoms with E-state index >= 15 is 0 Å². The molecule has 1 amide bonds. The van der Waals surface area contributed by atoms with Crippen molar-refractivity contribution in [3.05, 3.63) is 34.8 Å². The first-order valence-corrected chi connectivity index (χ1v) is 9.81. The Hall–Kier alpha value is -2.65. The summed E-state index contributed by atoms with van der Waals surface area (Å²) in [5, 5.41) is 7.03. The van der Waals surface area contributed by atoms with Crippen molar-refractivity contribution in [3.8, 4) is 11.5 Å². The summed E-state index contributed by atoms with van der Waals surface area (Å²) in [5.41, 5.74) is 4.83. The van der Waals surface area contributed by atoms with Gasteiger partial charge in [0, 0.05) is 24.0 Å². The molecule has 8 nitrogen and oxygen atoms in total. The number of amides is 1. The lowest BCUT2D eigenvalue weighted by Crippen LogP contribution is -2.36. The highest BCUT2D eigenvalue weighted by Gasteiger charge is 2.15. The number of aromatic nitrogens is 1. The number of hydrazone groups is 1. The van der Waals surface area contributed by atoms with Crippen LogP contribution in [0.4, 0.5) is 5.13 Å². The molecule has 1 fully saturated rings. The summed E-state index contributed by atoms with van der Waals surface area (Å²) in [4.78, 5) is 19.0. The van der Waals surface area contributed by atoms with E-state index in [1.165, 1.54) is 0 Å². The molecule has 9 heteroatoms. The number of morpholine rings is 1. The zero-order valence-corrected chi connectivity index (χ0v) is 17.0. The van der Waals surface area contributed by atoms with E-state index in [9.17, 15) is 4.79 Å². The third-order valence-electron chi connectivity index (χ3n) is 4.31. The molecule has 0 unspecified atom stereocenters. The molecule has 0 aliphatic carbocycles. The third kappa shape index (κ3) is 4.99. The van der Waals surface area contributed by atoms with E-state index in [2.05, 4.69) is 20.4 Å². The van der Waals surface area contributed by atoms with Crippen molar-refractivity contribution in [3.63, 3.8) is 0 Å². The minimum absolute atomic E-state index is 0.184. The molecule has 1 aliphatic heterocycles. The molecular formula is C19H24N4O4S. The monoisotopic (exact) mass is 404 g/mol. The van der Waals surface area contributed by atoms with Gasteiger partial charge in [-0.2, -0.15) is 5.10 Å². The number of carbonyl (C=O) groups is 1. The number of thiazole rings is 1. The number of anilines is 1. The van der Waals surface area contributed by atoms with Crippen LogP contribution in [0.1, 0.15) is 18.2 Å². The number of ether oxygens (including phenoxy) is 3. The summed E-state index contributed by atoms with van der Waals surface area (Å²) in [7, 11) is 3.16. The molecule has 0 spiro atoms. The van der Waals surface area contributed by atoms with Gasteiger partial charge in [-0.3, -0.25) is 4.79 Å². The molecule has 3 rings (SSSR count). The summed E-state index contributed by atoms with van der Waals surface area (Å²) < 4.78 is 15.9. The van der Waals surface area contributed by atoms with Crippen molar-refractivity contribution < 1.29 is 19.0 Å². The lowest BCUT2D eigenvalue weighted by atomic mass is 10.1. The van der Waals surface area contributed by atoms with Gasteiger partial charge in [-0.05, 0) is 25.1 Å². The molecule has 150 valence electrons. The number of nitrogens with zero attached hydrogens (tertiary/aromatic N) is 3. The lowest BCUT2D eigenvalue weighted by molar-refractivity contribution is -0.120. The van der Waals surface area contributed by atoms with Crippen molar-refractivity contribution in [2.75, 3.05) is 45.4 Å². The van der Waals surface area contributed by atoms with Crippen LogP contribution in [0.2, 0.25) is 0 Å². The van der Waals surface area contributed by atoms with Crippen LogP contribution in [0, 0.1) is 0 Å². The topological polar surface area (TPSA) is 85.3 Å². The van der Waals surface area contributed by atoms with Crippen LogP contribution in [-0.4, -0.2) is 57.1 Å². The highest BCUT2D eigenvalue weighted by molar-refractivity contribution is 7.13. The Bertz CT molecular complexity index is 846. The molecule has 1 saturated heterocycles. The second-order valence-corrected chi connectivity index (χ2v) is 7.04. The number of hydrogen-bond acceptors (Lipinski definition) is 8. The predicted molar refractivity (Wildman–Crippen MR) is 109 cm³/mol. The Labute approximate surface area is 168 Å². The van der Waals surface area contributed by atoms with Gasteiger partial charge in [-0.1, -0.05) is 0 Å². The number of rotatable bonds is 7. The fraction of sp³-hybridized carbons (Fsp3) is 0.421. The minimum Gasteiger partial charge on any atom is -0.493 e. The van der Waals surface area contributed by atoms with Crippen LogP contribution in [0.15, 0.2) is 28.7 Å². The highest BCUT2D eigenvalue weighted by atomic mass is 32.1. The Morgan fingerprint density at radius 3 is 2.75 bits per heavy atom. The summed E-state index contributed by atoms with van der Waals surface area (Å²) in [5.74, 6) is 1.04. The van der Waals surface area contributed by atoms with Crippen molar-refractivity contribution >= 4 is 28.1 Å². The molecule has 1 aromatic carbocycles. The van der Waals surface area contributed by atoms with Crippen molar-refractivity contribution in [2.45, 2.75) is 13.3 Å². The van der Waals surface area contributed by atoms with Gasteiger partial charge in [0.15, 0.2) is 16.6 Å². The van der Waals surface area contributed by atoms with Crippen LogP contribution in [0.25, 0.3) is 0 Å². The Balaban J connectivity index is 1.58. The third-order valence-corrected chi connectivity index (χ3v) is 5.26. The summed E-state index contributed by atoms with van der Waals surface area (Å²) >= 11 is 1.54. The molecule has 1 aliphatic rings. The van der Waals surface area contributed by atoms with E-state index < -0.39 is 0 Å². The summed E-state index contributed by atoms with van der Waals surface area (Å²) in [6, 6.07) is 5.48. The number of methoxy groups -OCH3 is 2. The van der Waals surface area contributed by atoms with Gasteiger partial charge < -0.3 is 19.1 Å².